The van der Waals surface area contributed by atoms with Crippen molar-refractivity contribution in [2.75, 3.05) is 0 Å². The molecule has 4 aromatic rings. The molecule has 1 N–H and O–H groups in total. The third kappa shape index (κ3) is 1.89. The fourth-order valence-electron chi connectivity index (χ4n) is 2.87. The number of rotatable bonds is 1. The van der Waals surface area contributed by atoms with Gasteiger partial charge in [-0.05, 0) is 37.6 Å². The Bertz CT molecular complexity index is 967. The van der Waals surface area contributed by atoms with Crippen molar-refractivity contribution in [1.82, 2.24) is 15.0 Å². The lowest BCUT2D eigenvalue weighted by Gasteiger charge is -2.07. The summed E-state index contributed by atoms with van der Waals surface area (Å²) >= 11 is 0. The van der Waals surface area contributed by atoms with Crippen LogP contribution in [-0.4, -0.2) is 15.0 Å². The number of nitrogens with zero attached hydrogens (tertiary/aromatic N) is 2. The molecule has 2 heterocycles. The maximum absolute atomic E-state index is 4.69. The Morgan fingerprint density at radius 2 is 1.76 bits per heavy atom. The van der Waals surface area contributed by atoms with Crippen LogP contribution in [0.4, 0.5) is 0 Å². The highest BCUT2D eigenvalue weighted by Gasteiger charge is 2.10. The van der Waals surface area contributed by atoms with E-state index in [0.717, 1.165) is 27.8 Å². The summed E-state index contributed by atoms with van der Waals surface area (Å²) < 4.78 is 0. The molecule has 0 saturated heterocycles. The largest absolute Gasteiger partial charge is 0.359 e. The van der Waals surface area contributed by atoms with Crippen LogP contribution in [0.5, 0.6) is 0 Å². The number of hydrogen-bond donors (Lipinski definition) is 1. The van der Waals surface area contributed by atoms with Crippen LogP contribution < -0.4 is 0 Å². The molecule has 21 heavy (non-hydrogen) atoms. The zero-order valence-electron chi connectivity index (χ0n) is 12.0. The van der Waals surface area contributed by atoms with E-state index < -0.39 is 0 Å². The lowest BCUT2D eigenvalue weighted by Crippen LogP contribution is -1.90. The van der Waals surface area contributed by atoms with Crippen LogP contribution in [0.15, 0.2) is 48.7 Å². The van der Waals surface area contributed by atoms with Gasteiger partial charge in [0.25, 0.3) is 0 Å². The smallest absolute Gasteiger partial charge is 0.0968 e. The molecular formula is C18H15N3. The number of hydrogen-bond acceptors (Lipinski definition) is 2. The van der Waals surface area contributed by atoms with Gasteiger partial charge < -0.3 is 4.98 Å². The van der Waals surface area contributed by atoms with E-state index in [4.69, 9.17) is 4.98 Å². The monoisotopic (exact) mass is 273 g/mol. The number of fused-ring (bicyclic) bond motifs is 2. The lowest BCUT2D eigenvalue weighted by molar-refractivity contribution is 1.19. The van der Waals surface area contributed by atoms with Gasteiger partial charge in [-0.25, -0.2) is 4.98 Å². The second-order valence-electron chi connectivity index (χ2n) is 5.40. The second kappa shape index (κ2) is 4.42. The van der Waals surface area contributed by atoms with Crippen LogP contribution in [0.1, 0.15) is 11.4 Å². The second-order valence-corrected chi connectivity index (χ2v) is 5.40. The van der Waals surface area contributed by atoms with Crippen molar-refractivity contribution < 1.29 is 0 Å². The Kier molecular flexibility index (Phi) is 2.54. The fourth-order valence-corrected chi connectivity index (χ4v) is 2.87. The Morgan fingerprint density at radius 1 is 0.952 bits per heavy atom. The average Bonchev–Trinajstić information content (AvgIpc) is 2.86. The van der Waals surface area contributed by atoms with Gasteiger partial charge in [-0.1, -0.05) is 24.3 Å². The minimum atomic E-state index is 0.933. The van der Waals surface area contributed by atoms with E-state index in [1.807, 2.05) is 25.3 Å². The minimum absolute atomic E-state index is 0.933. The van der Waals surface area contributed by atoms with E-state index in [2.05, 4.69) is 47.2 Å². The normalized spacial score (nSPS) is 11.3. The van der Waals surface area contributed by atoms with E-state index in [1.54, 1.807) is 0 Å². The number of aromatic amines is 1. The molecule has 0 radical (unpaired) electrons. The molecule has 0 amide bonds. The molecule has 0 unspecified atom stereocenters. The molecular weight excluding hydrogens is 258 g/mol. The first-order chi connectivity index (χ1) is 10.2. The molecule has 2 aromatic heterocycles. The molecule has 0 aliphatic rings. The van der Waals surface area contributed by atoms with Crippen molar-refractivity contribution >= 4 is 21.9 Å². The fraction of sp³-hybridized carbons (Fsp3) is 0.111. The van der Waals surface area contributed by atoms with Gasteiger partial charge in [-0.2, -0.15) is 0 Å². The highest BCUT2D eigenvalue weighted by atomic mass is 14.8. The van der Waals surface area contributed by atoms with Crippen molar-refractivity contribution in [2.24, 2.45) is 0 Å². The van der Waals surface area contributed by atoms with Gasteiger partial charge in [0.1, 0.15) is 0 Å². The zero-order valence-corrected chi connectivity index (χ0v) is 12.0. The van der Waals surface area contributed by atoms with Crippen LogP contribution in [0, 0.1) is 13.8 Å². The standard InChI is InChI=1S/C18H15N3/c1-11-9-15-13(5-3-7-16(15)20-11)14-6-4-8-17-18(14)21-12(2)10-19-17/h3-10,20H,1-2H3. The number of aromatic nitrogens is 3. The molecule has 0 aliphatic carbocycles. The summed E-state index contributed by atoms with van der Waals surface area (Å²) in [5.41, 5.74) is 7.48. The lowest BCUT2D eigenvalue weighted by atomic mass is 10.00. The highest BCUT2D eigenvalue weighted by Crippen LogP contribution is 2.32. The molecule has 0 bridgehead atoms. The molecule has 0 atom stereocenters. The molecule has 0 spiro atoms. The quantitative estimate of drug-likeness (QED) is 0.558. The molecule has 0 saturated carbocycles. The Labute approximate surface area is 122 Å². The first-order valence-corrected chi connectivity index (χ1v) is 7.03. The number of aryl methyl sites for hydroxylation is 2. The summed E-state index contributed by atoms with van der Waals surface area (Å²) in [6, 6.07) is 14.7. The van der Waals surface area contributed by atoms with Crippen molar-refractivity contribution in [3.63, 3.8) is 0 Å². The van der Waals surface area contributed by atoms with Gasteiger partial charge in [-0.3, -0.25) is 4.98 Å². The summed E-state index contributed by atoms with van der Waals surface area (Å²) in [6.45, 7) is 4.06. The van der Waals surface area contributed by atoms with Gasteiger partial charge in [0.15, 0.2) is 0 Å². The van der Waals surface area contributed by atoms with Crippen molar-refractivity contribution in [2.45, 2.75) is 13.8 Å². The summed E-state index contributed by atoms with van der Waals surface area (Å²) in [5, 5.41) is 1.23. The molecule has 3 heteroatoms. The SMILES string of the molecule is Cc1cnc2cccc(-c3cccc4[nH]c(C)cc34)c2n1. The average molecular weight is 273 g/mol. The van der Waals surface area contributed by atoms with Gasteiger partial charge >= 0.3 is 0 Å². The molecule has 0 aliphatic heterocycles. The first kappa shape index (κ1) is 12.1. The topological polar surface area (TPSA) is 41.6 Å². The maximum Gasteiger partial charge on any atom is 0.0968 e. The Balaban J connectivity index is 2.11. The van der Waals surface area contributed by atoms with Crippen LogP contribution in [0.3, 0.4) is 0 Å². The summed E-state index contributed by atoms with van der Waals surface area (Å²) in [7, 11) is 0. The van der Waals surface area contributed by atoms with Crippen LogP contribution in [0.25, 0.3) is 33.1 Å². The van der Waals surface area contributed by atoms with E-state index in [1.165, 1.54) is 16.6 Å². The molecule has 102 valence electrons. The summed E-state index contributed by atoms with van der Waals surface area (Å²) in [4.78, 5) is 12.6. The third-order valence-electron chi connectivity index (χ3n) is 3.78. The van der Waals surface area contributed by atoms with Gasteiger partial charge in [-0.15, -0.1) is 0 Å². The van der Waals surface area contributed by atoms with Crippen molar-refractivity contribution in [1.29, 1.82) is 0 Å². The predicted octanol–water partition coefficient (Wildman–Crippen LogP) is 4.39. The van der Waals surface area contributed by atoms with E-state index in [-0.39, 0.29) is 0 Å². The number of benzene rings is 2. The van der Waals surface area contributed by atoms with E-state index in [0.29, 0.717) is 0 Å². The maximum atomic E-state index is 4.69. The number of nitrogens with one attached hydrogen (secondary N) is 1. The molecule has 0 fully saturated rings. The summed E-state index contributed by atoms with van der Waals surface area (Å²) in [6.07, 6.45) is 1.81. The van der Waals surface area contributed by atoms with Gasteiger partial charge in [0.05, 0.1) is 16.7 Å². The van der Waals surface area contributed by atoms with Crippen molar-refractivity contribution in [3.05, 3.63) is 60.0 Å². The Morgan fingerprint density at radius 3 is 2.67 bits per heavy atom. The third-order valence-corrected chi connectivity index (χ3v) is 3.78. The van der Waals surface area contributed by atoms with Gasteiger partial charge in [0, 0.05) is 28.4 Å². The molecule has 3 nitrogen and oxygen atoms in total. The van der Waals surface area contributed by atoms with Crippen LogP contribution >= 0.6 is 0 Å². The zero-order chi connectivity index (χ0) is 14.4. The van der Waals surface area contributed by atoms with Gasteiger partial charge in [0.2, 0.25) is 0 Å². The summed E-state index contributed by atoms with van der Waals surface area (Å²) in [5.74, 6) is 0. The van der Waals surface area contributed by atoms with Crippen LogP contribution in [0.2, 0.25) is 0 Å². The highest BCUT2D eigenvalue weighted by molar-refractivity contribution is 6.02. The van der Waals surface area contributed by atoms with Crippen molar-refractivity contribution in [3.8, 4) is 11.1 Å². The first-order valence-electron chi connectivity index (χ1n) is 7.03. The predicted molar refractivity (Wildman–Crippen MR) is 86.3 cm³/mol. The molecule has 4 rings (SSSR count). The number of H-pyrrole nitrogens is 1. The minimum Gasteiger partial charge on any atom is -0.359 e. The van der Waals surface area contributed by atoms with E-state index >= 15 is 0 Å². The Hall–Kier alpha value is -2.68. The number of para-hydroxylation sites is 1. The van der Waals surface area contributed by atoms with Crippen LogP contribution in [-0.2, 0) is 0 Å². The van der Waals surface area contributed by atoms with E-state index in [9.17, 15) is 0 Å². The molecule has 2 aromatic carbocycles.